The lowest BCUT2D eigenvalue weighted by Gasteiger charge is -2.22. The lowest BCUT2D eigenvalue weighted by atomic mass is 9.82. The number of hydrogen-bond donors (Lipinski definition) is 0. The molecule has 16 heavy (non-hydrogen) atoms. The van der Waals surface area contributed by atoms with Crippen molar-refractivity contribution in [2.45, 2.75) is 34.1 Å². The second-order valence-corrected chi connectivity index (χ2v) is 5.98. The van der Waals surface area contributed by atoms with E-state index in [1.165, 1.54) is 0 Å². The zero-order valence-electron chi connectivity index (χ0n) is 10.4. The third-order valence-corrected chi connectivity index (χ3v) is 2.71. The fraction of sp³-hybridized carbons (Fsp3) is 0.500. The second kappa shape index (κ2) is 5.01. The first-order valence-corrected chi connectivity index (χ1v) is 5.97. The first kappa shape index (κ1) is 13.2. The van der Waals surface area contributed by atoms with Crippen molar-refractivity contribution in [2.24, 2.45) is 11.3 Å². The summed E-state index contributed by atoms with van der Waals surface area (Å²) in [7, 11) is 0. The highest BCUT2D eigenvalue weighted by Gasteiger charge is 2.21. The molecule has 0 N–H and O–H groups in total. The highest BCUT2D eigenvalue weighted by atomic mass is 35.5. The van der Waals surface area contributed by atoms with Gasteiger partial charge in [0.05, 0.1) is 0 Å². The summed E-state index contributed by atoms with van der Waals surface area (Å²) in [5.74, 6) is 0.218. The maximum absolute atomic E-state index is 12.1. The second-order valence-electron chi connectivity index (χ2n) is 5.54. The van der Waals surface area contributed by atoms with Crippen molar-refractivity contribution in [1.82, 2.24) is 0 Å². The summed E-state index contributed by atoms with van der Waals surface area (Å²) in [5.41, 5.74) is 0.887. The molecule has 1 aromatic carbocycles. The summed E-state index contributed by atoms with van der Waals surface area (Å²) < 4.78 is 0. The van der Waals surface area contributed by atoms with Crippen LogP contribution in [-0.4, -0.2) is 5.78 Å². The summed E-state index contributed by atoms with van der Waals surface area (Å²) in [6.07, 6.45) is 0.887. The number of ketones is 1. The van der Waals surface area contributed by atoms with Gasteiger partial charge in [-0.15, -0.1) is 0 Å². The van der Waals surface area contributed by atoms with E-state index in [-0.39, 0.29) is 17.1 Å². The molecule has 1 aromatic rings. The minimum absolute atomic E-state index is 0.0402. The molecule has 88 valence electrons. The Morgan fingerprint density at radius 1 is 1.38 bits per heavy atom. The molecular formula is C14H19ClO. The van der Waals surface area contributed by atoms with E-state index >= 15 is 0 Å². The monoisotopic (exact) mass is 238 g/mol. The Morgan fingerprint density at radius 2 is 2.00 bits per heavy atom. The van der Waals surface area contributed by atoms with E-state index in [1.54, 1.807) is 12.1 Å². The van der Waals surface area contributed by atoms with Crippen molar-refractivity contribution in [1.29, 1.82) is 0 Å². The fourth-order valence-electron chi connectivity index (χ4n) is 1.94. The molecule has 1 rings (SSSR count). The zero-order chi connectivity index (χ0) is 12.3. The van der Waals surface area contributed by atoms with Crippen LogP contribution in [0.15, 0.2) is 24.3 Å². The topological polar surface area (TPSA) is 17.1 Å². The highest BCUT2D eigenvalue weighted by molar-refractivity contribution is 6.31. The van der Waals surface area contributed by atoms with E-state index in [9.17, 15) is 4.79 Å². The molecule has 0 bridgehead atoms. The molecule has 0 saturated carbocycles. The highest BCUT2D eigenvalue weighted by Crippen LogP contribution is 2.26. The van der Waals surface area contributed by atoms with Gasteiger partial charge in [-0.3, -0.25) is 4.79 Å². The normalized spacial score (nSPS) is 13.6. The van der Waals surface area contributed by atoms with Crippen LogP contribution in [0.5, 0.6) is 0 Å². The van der Waals surface area contributed by atoms with Crippen LogP contribution in [0.4, 0.5) is 0 Å². The van der Waals surface area contributed by atoms with Gasteiger partial charge in [0.15, 0.2) is 5.78 Å². The molecule has 2 heteroatoms. The predicted octanol–water partition coefficient (Wildman–Crippen LogP) is 4.60. The number of hydrogen-bond acceptors (Lipinski definition) is 1. The summed E-state index contributed by atoms with van der Waals surface area (Å²) in [6, 6.07) is 7.17. The van der Waals surface area contributed by atoms with Crippen molar-refractivity contribution in [3.63, 3.8) is 0 Å². The van der Waals surface area contributed by atoms with Crippen molar-refractivity contribution in [3.05, 3.63) is 34.9 Å². The maximum atomic E-state index is 12.1. The Bertz CT molecular complexity index is 377. The van der Waals surface area contributed by atoms with E-state index in [0.717, 1.165) is 6.42 Å². The fourth-order valence-corrected chi connectivity index (χ4v) is 2.13. The molecule has 0 aromatic heterocycles. The van der Waals surface area contributed by atoms with Gasteiger partial charge in [0.2, 0.25) is 0 Å². The van der Waals surface area contributed by atoms with Crippen LogP contribution >= 0.6 is 11.6 Å². The Balaban J connectivity index is 2.78. The van der Waals surface area contributed by atoms with E-state index in [0.29, 0.717) is 10.6 Å². The molecular weight excluding hydrogens is 220 g/mol. The predicted molar refractivity (Wildman–Crippen MR) is 69.0 cm³/mol. The van der Waals surface area contributed by atoms with Crippen molar-refractivity contribution >= 4 is 17.4 Å². The van der Waals surface area contributed by atoms with Gasteiger partial charge in [-0.05, 0) is 24.0 Å². The zero-order valence-corrected chi connectivity index (χ0v) is 11.1. The average Bonchev–Trinajstić information content (AvgIpc) is 2.14. The van der Waals surface area contributed by atoms with Crippen LogP contribution < -0.4 is 0 Å². The summed E-state index contributed by atoms with van der Waals surface area (Å²) in [4.78, 5) is 12.1. The first-order chi connectivity index (χ1) is 7.29. The molecule has 1 unspecified atom stereocenters. The molecule has 0 amide bonds. The van der Waals surface area contributed by atoms with Gasteiger partial charge in [-0.25, -0.2) is 0 Å². The third-order valence-electron chi connectivity index (χ3n) is 2.48. The van der Waals surface area contributed by atoms with E-state index < -0.39 is 0 Å². The standard InChI is InChI=1S/C14H19ClO/c1-10(9-14(2,3)4)13(16)11-6-5-7-12(15)8-11/h5-8,10H,9H2,1-4H3. The van der Waals surface area contributed by atoms with Crippen LogP contribution in [0, 0.1) is 11.3 Å². The molecule has 0 aliphatic rings. The molecule has 1 atom stereocenters. The third kappa shape index (κ3) is 3.97. The number of halogens is 1. The van der Waals surface area contributed by atoms with Gasteiger partial charge in [0.25, 0.3) is 0 Å². The molecule has 0 spiro atoms. The number of carbonyl (C=O) groups is 1. The molecule has 0 saturated heterocycles. The van der Waals surface area contributed by atoms with E-state index in [1.807, 2.05) is 19.1 Å². The van der Waals surface area contributed by atoms with Crippen LogP contribution in [0.25, 0.3) is 0 Å². The van der Waals surface area contributed by atoms with Crippen molar-refractivity contribution < 1.29 is 4.79 Å². The number of Topliss-reactive ketones (excluding diaryl/α,β-unsaturated/α-hetero) is 1. The number of benzene rings is 1. The van der Waals surface area contributed by atoms with E-state index in [4.69, 9.17) is 11.6 Å². The van der Waals surface area contributed by atoms with Crippen molar-refractivity contribution in [3.8, 4) is 0 Å². The van der Waals surface area contributed by atoms with Crippen LogP contribution in [0.2, 0.25) is 5.02 Å². The van der Waals surface area contributed by atoms with Gasteiger partial charge in [0, 0.05) is 16.5 Å². The molecule has 0 aliphatic heterocycles. The van der Waals surface area contributed by atoms with E-state index in [2.05, 4.69) is 20.8 Å². The Kier molecular flexibility index (Phi) is 4.15. The molecule has 1 nitrogen and oxygen atoms in total. The molecule has 0 aliphatic carbocycles. The van der Waals surface area contributed by atoms with Gasteiger partial charge >= 0.3 is 0 Å². The average molecular weight is 239 g/mol. The van der Waals surface area contributed by atoms with Gasteiger partial charge < -0.3 is 0 Å². The SMILES string of the molecule is CC(CC(C)(C)C)C(=O)c1cccc(Cl)c1. The van der Waals surface area contributed by atoms with Gasteiger partial charge in [-0.1, -0.05) is 51.4 Å². The Labute approximate surface area is 103 Å². The van der Waals surface area contributed by atoms with Gasteiger partial charge in [0.1, 0.15) is 0 Å². The molecule has 0 radical (unpaired) electrons. The van der Waals surface area contributed by atoms with Crippen molar-refractivity contribution in [2.75, 3.05) is 0 Å². The lowest BCUT2D eigenvalue weighted by molar-refractivity contribution is 0.0897. The maximum Gasteiger partial charge on any atom is 0.165 e. The number of rotatable bonds is 3. The lowest BCUT2D eigenvalue weighted by Crippen LogP contribution is -2.18. The van der Waals surface area contributed by atoms with Crippen LogP contribution in [0.1, 0.15) is 44.5 Å². The summed E-state index contributed by atoms with van der Waals surface area (Å²) >= 11 is 5.87. The Hall–Kier alpha value is -0.820. The largest absolute Gasteiger partial charge is 0.294 e. The minimum atomic E-state index is 0.0402. The first-order valence-electron chi connectivity index (χ1n) is 5.59. The minimum Gasteiger partial charge on any atom is -0.294 e. The summed E-state index contributed by atoms with van der Waals surface area (Å²) in [6.45, 7) is 8.42. The number of carbonyl (C=O) groups excluding carboxylic acids is 1. The smallest absolute Gasteiger partial charge is 0.165 e. The molecule has 0 heterocycles. The summed E-state index contributed by atoms with van der Waals surface area (Å²) in [5, 5.41) is 0.619. The van der Waals surface area contributed by atoms with Crippen LogP contribution in [0.3, 0.4) is 0 Å². The van der Waals surface area contributed by atoms with Crippen LogP contribution in [-0.2, 0) is 0 Å². The molecule has 0 fully saturated rings. The Morgan fingerprint density at radius 3 is 2.50 bits per heavy atom. The van der Waals surface area contributed by atoms with Gasteiger partial charge in [-0.2, -0.15) is 0 Å². The quantitative estimate of drug-likeness (QED) is 0.704.